The zero-order valence-electron chi connectivity index (χ0n) is 10.8. The molecule has 1 aromatic carbocycles. The molecule has 2 rings (SSSR count). The van der Waals surface area contributed by atoms with Crippen LogP contribution >= 0.6 is 0 Å². The molecule has 1 aliphatic heterocycles. The molecule has 0 radical (unpaired) electrons. The van der Waals surface area contributed by atoms with Crippen LogP contribution in [-0.2, 0) is 14.9 Å². The molecule has 2 unspecified atom stereocenters. The van der Waals surface area contributed by atoms with Crippen LogP contribution in [0.1, 0.15) is 31.7 Å². The fraction of sp³-hybridized carbons (Fsp3) is 0.533. The second kappa shape index (κ2) is 5.53. The van der Waals surface area contributed by atoms with E-state index in [0.717, 1.165) is 25.0 Å². The molecular formula is C15H20O3. The van der Waals surface area contributed by atoms with E-state index in [0.29, 0.717) is 13.0 Å². The van der Waals surface area contributed by atoms with E-state index in [1.54, 1.807) is 0 Å². The molecule has 0 aromatic heterocycles. The number of aliphatic carboxylic acids is 1. The summed E-state index contributed by atoms with van der Waals surface area (Å²) in [6.07, 6.45) is 2.47. The number of carboxylic acid groups (broad SMARTS) is 1. The van der Waals surface area contributed by atoms with Crippen molar-refractivity contribution in [2.45, 2.75) is 31.6 Å². The van der Waals surface area contributed by atoms with Gasteiger partial charge in [0, 0.05) is 12.5 Å². The largest absolute Gasteiger partial charge is 0.481 e. The zero-order valence-corrected chi connectivity index (χ0v) is 10.8. The summed E-state index contributed by atoms with van der Waals surface area (Å²) in [4.78, 5) is 11.9. The van der Waals surface area contributed by atoms with Gasteiger partial charge in [-0.2, -0.15) is 0 Å². The first-order chi connectivity index (χ1) is 8.71. The Kier molecular flexibility index (Phi) is 4.02. The number of hydrogen-bond acceptors (Lipinski definition) is 2. The van der Waals surface area contributed by atoms with Gasteiger partial charge in [0.25, 0.3) is 0 Å². The van der Waals surface area contributed by atoms with Gasteiger partial charge in [-0.1, -0.05) is 37.3 Å². The molecule has 0 saturated carbocycles. The van der Waals surface area contributed by atoms with Gasteiger partial charge < -0.3 is 9.84 Å². The fourth-order valence-corrected chi connectivity index (χ4v) is 3.04. The third kappa shape index (κ3) is 2.15. The maximum Gasteiger partial charge on any atom is 0.314 e. The van der Waals surface area contributed by atoms with Gasteiger partial charge in [0.2, 0.25) is 0 Å². The van der Waals surface area contributed by atoms with Gasteiger partial charge in [0.1, 0.15) is 0 Å². The van der Waals surface area contributed by atoms with Crippen molar-refractivity contribution in [1.29, 1.82) is 0 Å². The highest BCUT2D eigenvalue weighted by Crippen LogP contribution is 2.40. The average molecular weight is 248 g/mol. The lowest BCUT2D eigenvalue weighted by Crippen LogP contribution is -2.46. The highest BCUT2D eigenvalue weighted by molar-refractivity contribution is 5.81. The predicted molar refractivity (Wildman–Crippen MR) is 69.6 cm³/mol. The maximum atomic E-state index is 11.9. The number of carbonyl (C=O) groups is 1. The highest BCUT2D eigenvalue weighted by atomic mass is 16.5. The van der Waals surface area contributed by atoms with Crippen LogP contribution in [0.5, 0.6) is 0 Å². The van der Waals surface area contributed by atoms with Gasteiger partial charge in [-0.3, -0.25) is 4.79 Å². The van der Waals surface area contributed by atoms with Crippen molar-refractivity contribution in [1.82, 2.24) is 0 Å². The van der Waals surface area contributed by atoms with Gasteiger partial charge >= 0.3 is 5.97 Å². The van der Waals surface area contributed by atoms with Crippen LogP contribution in [0.4, 0.5) is 0 Å². The van der Waals surface area contributed by atoms with E-state index in [1.165, 1.54) is 0 Å². The summed E-state index contributed by atoms with van der Waals surface area (Å²) in [7, 11) is 0. The molecule has 1 heterocycles. The number of rotatable bonds is 4. The summed E-state index contributed by atoms with van der Waals surface area (Å²) in [5.74, 6) is -0.664. The summed E-state index contributed by atoms with van der Waals surface area (Å²) in [6, 6.07) is 9.58. The Labute approximate surface area is 108 Å². The molecule has 0 bridgehead atoms. The van der Waals surface area contributed by atoms with Crippen molar-refractivity contribution >= 4 is 5.97 Å². The van der Waals surface area contributed by atoms with E-state index >= 15 is 0 Å². The van der Waals surface area contributed by atoms with Crippen LogP contribution in [0.3, 0.4) is 0 Å². The van der Waals surface area contributed by atoms with Crippen molar-refractivity contribution in [3.8, 4) is 0 Å². The van der Waals surface area contributed by atoms with Crippen LogP contribution in [0.15, 0.2) is 30.3 Å². The third-order valence-electron chi connectivity index (χ3n) is 4.09. The lowest BCUT2D eigenvalue weighted by atomic mass is 9.66. The van der Waals surface area contributed by atoms with Crippen LogP contribution in [0, 0.1) is 5.92 Å². The van der Waals surface area contributed by atoms with Crippen LogP contribution in [0.2, 0.25) is 0 Å². The molecule has 3 nitrogen and oxygen atoms in total. The Morgan fingerprint density at radius 2 is 2.17 bits per heavy atom. The topological polar surface area (TPSA) is 46.5 Å². The predicted octanol–water partition coefficient (Wildman–Crippen LogP) is 2.85. The van der Waals surface area contributed by atoms with Gasteiger partial charge in [-0.25, -0.2) is 0 Å². The van der Waals surface area contributed by atoms with E-state index < -0.39 is 11.4 Å². The SMILES string of the molecule is CCC(C(=O)O)(c1ccccc1)C1CCCOC1. The molecule has 0 spiro atoms. The first kappa shape index (κ1) is 13.1. The molecule has 1 N–H and O–H groups in total. The van der Waals surface area contributed by atoms with Crippen molar-refractivity contribution in [3.05, 3.63) is 35.9 Å². The van der Waals surface area contributed by atoms with E-state index in [1.807, 2.05) is 37.3 Å². The lowest BCUT2D eigenvalue weighted by Gasteiger charge is -2.39. The standard InChI is InChI=1S/C15H20O3/c1-2-15(14(16)17,12-7-4-3-5-8-12)13-9-6-10-18-11-13/h3-5,7-8,13H,2,6,9-11H2,1H3,(H,16,17). The molecule has 98 valence electrons. The zero-order chi connectivity index (χ0) is 13.0. The normalized spacial score (nSPS) is 23.3. The average Bonchev–Trinajstić information content (AvgIpc) is 2.42. The molecule has 1 aromatic rings. The second-order valence-electron chi connectivity index (χ2n) is 4.91. The van der Waals surface area contributed by atoms with Gasteiger partial charge in [-0.15, -0.1) is 0 Å². The van der Waals surface area contributed by atoms with Gasteiger partial charge in [-0.05, 0) is 24.8 Å². The first-order valence-electron chi connectivity index (χ1n) is 6.58. The first-order valence-corrected chi connectivity index (χ1v) is 6.58. The van der Waals surface area contributed by atoms with E-state index in [2.05, 4.69) is 0 Å². The van der Waals surface area contributed by atoms with Crippen molar-refractivity contribution < 1.29 is 14.6 Å². The summed E-state index contributed by atoms with van der Waals surface area (Å²) >= 11 is 0. The van der Waals surface area contributed by atoms with Crippen LogP contribution in [-0.4, -0.2) is 24.3 Å². The molecule has 1 fully saturated rings. The Morgan fingerprint density at radius 3 is 2.67 bits per heavy atom. The minimum atomic E-state index is -0.804. The molecule has 18 heavy (non-hydrogen) atoms. The maximum absolute atomic E-state index is 11.9. The summed E-state index contributed by atoms with van der Waals surface area (Å²) < 4.78 is 5.50. The van der Waals surface area contributed by atoms with Crippen LogP contribution < -0.4 is 0 Å². The molecule has 0 amide bonds. The highest BCUT2D eigenvalue weighted by Gasteiger charge is 2.46. The summed E-state index contributed by atoms with van der Waals surface area (Å²) in [5, 5.41) is 9.77. The third-order valence-corrected chi connectivity index (χ3v) is 4.09. The van der Waals surface area contributed by atoms with Crippen molar-refractivity contribution in [2.24, 2.45) is 5.92 Å². The number of benzene rings is 1. The molecule has 1 aliphatic rings. The number of ether oxygens (including phenoxy) is 1. The smallest absolute Gasteiger partial charge is 0.314 e. The summed E-state index contributed by atoms with van der Waals surface area (Å²) in [6.45, 7) is 3.26. The van der Waals surface area contributed by atoms with Crippen LogP contribution in [0.25, 0.3) is 0 Å². The monoisotopic (exact) mass is 248 g/mol. The molecule has 0 aliphatic carbocycles. The van der Waals surface area contributed by atoms with E-state index in [4.69, 9.17) is 4.74 Å². The number of hydrogen-bond donors (Lipinski definition) is 1. The molecule has 3 heteroatoms. The number of carboxylic acids is 1. The Balaban J connectivity index is 2.42. The van der Waals surface area contributed by atoms with E-state index in [-0.39, 0.29) is 5.92 Å². The Morgan fingerprint density at radius 1 is 1.44 bits per heavy atom. The summed E-state index contributed by atoms with van der Waals surface area (Å²) in [5.41, 5.74) is 0.0947. The minimum Gasteiger partial charge on any atom is -0.481 e. The Hall–Kier alpha value is -1.35. The van der Waals surface area contributed by atoms with Gasteiger partial charge in [0.15, 0.2) is 0 Å². The van der Waals surface area contributed by atoms with Crippen molar-refractivity contribution in [2.75, 3.05) is 13.2 Å². The fourth-order valence-electron chi connectivity index (χ4n) is 3.04. The van der Waals surface area contributed by atoms with E-state index in [9.17, 15) is 9.90 Å². The molecule has 1 saturated heterocycles. The van der Waals surface area contributed by atoms with Crippen molar-refractivity contribution in [3.63, 3.8) is 0 Å². The molecular weight excluding hydrogens is 228 g/mol. The Bertz CT molecular complexity index is 395. The minimum absolute atomic E-state index is 0.0659. The van der Waals surface area contributed by atoms with Gasteiger partial charge in [0.05, 0.1) is 12.0 Å². The second-order valence-corrected chi connectivity index (χ2v) is 4.91. The molecule has 2 atom stereocenters. The quantitative estimate of drug-likeness (QED) is 0.891. The lowest BCUT2D eigenvalue weighted by molar-refractivity contribution is -0.149.